The summed E-state index contributed by atoms with van der Waals surface area (Å²) in [5.41, 5.74) is 3.77. The molecule has 0 fully saturated rings. The highest BCUT2D eigenvalue weighted by molar-refractivity contribution is 9.18. The number of hydrogen-bond acceptors (Lipinski definition) is 2. The summed E-state index contributed by atoms with van der Waals surface area (Å²) in [4.78, 5) is 0. The Balaban J connectivity index is 2.65. The van der Waals surface area contributed by atoms with Gasteiger partial charge in [-0.05, 0) is 47.1 Å². The van der Waals surface area contributed by atoms with Crippen LogP contribution in [0, 0.1) is 0 Å². The molecule has 0 aliphatic carbocycles. The van der Waals surface area contributed by atoms with Crippen molar-refractivity contribution in [2.24, 2.45) is 5.10 Å². The van der Waals surface area contributed by atoms with Crippen molar-refractivity contribution in [3.05, 3.63) is 29.3 Å². The molecule has 0 saturated heterocycles. The molecule has 0 heterocycles. The first-order chi connectivity index (χ1) is 5.68. The van der Waals surface area contributed by atoms with E-state index in [4.69, 9.17) is 11.6 Å². The molecule has 4 heteroatoms. The molecule has 0 bridgehead atoms. The van der Waals surface area contributed by atoms with Crippen LogP contribution in [0.4, 0.5) is 5.69 Å². The number of nitrogens with one attached hydrogen (secondary N) is 1. The van der Waals surface area contributed by atoms with Crippen molar-refractivity contribution in [1.82, 2.24) is 0 Å². The minimum atomic E-state index is 0.722. The first kappa shape index (κ1) is 9.55. The molecule has 1 aromatic carbocycles. The summed E-state index contributed by atoms with van der Waals surface area (Å²) in [6.07, 6.45) is 0. The maximum Gasteiger partial charge on any atom is 0.100 e. The van der Waals surface area contributed by atoms with Gasteiger partial charge >= 0.3 is 0 Å². The predicted molar refractivity (Wildman–Crippen MR) is 57.1 cm³/mol. The van der Waals surface area contributed by atoms with Crippen molar-refractivity contribution < 1.29 is 0 Å². The number of rotatable bonds is 2. The standard InChI is InChI=1S/C8H8BrClN2/c1-6(9)11-12-8-4-2-7(10)3-5-8/h2-5,12H,1H3/b11-6-. The van der Waals surface area contributed by atoms with E-state index >= 15 is 0 Å². The summed E-state index contributed by atoms with van der Waals surface area (Å²) in [6.45, 7) is 1.85. The van der Waals surface area contributed by atoms with Crippen LogP contribution in [0.25, 0.3) is 0 Å². The molecule has 1 aromatic rings. The molecule has 12 heavy (non-hydrogen) atoms. The molecule has 1 N–H and O–H groups in total. The highest BCUT2D eigenvalue weighted by Gasteiger charge is 1.89. The topological polar surface area (TPSA) is 24.4 Å². The van der Waals surface area contributed by atoms with Gasteiger partial charge in [-0.25, -0.2) is 0 Å². The summed E-state index contributed by atoms with van der Waals surface area (Å²) < 4.78 is 0.803. The lowest BCUT2D eigenvalue weighted by molar-refractivity contribution is 1.34. The third-order valence-corrected chi connectivity index (χ3v) is 1.61. The zero-order chi connectivity index (χ0) is 8.97. The van der Waals surface area contributed by atoms with Gasteiger partial charge in [-0.3, -0.25) is 5.43 Å². The zero-order valence-electron chi connectivity index (χ0n) is 6.51. The van der Waals surface area contributed by atoms with Gasteiger partial charge in [-0.15, -0.1) is 0 Å². The number of hydrogen-bond donors (Lipinski definition) is 1. The number of hydrazone groups is 1. The number of halogens is 2. The largest absolute Gasteiger partial charge is 0.278 e. The normalized spacial score (nSPS) is 11.4. The molecule has 0 aromatic heterocycles. The summed E-state index contributed by atoms with van der Waals surface area (Å²) in [6, 6.07) is 7.34. The second-order valence-corrected chi connectivity index (χ2v) is 3.81. The SMILES string of the molecule is C/C(Br)=N/Nc1ccc(Cl)cc1. The quantitative estimate of drug-likeness (QED) is 0.628. The Morgan fingerprint density at radius 1 is 1.42 bits per heavy atom. The molecule has 0 aliphatic rings. The zero-order valence-corrected chi connectivity index (χ0v) is 8.85. The number of anilines is 1. The van der Waals surface area contributed by atoms with Gasteiger partial charge in [0.25, 0.3) is 0 Å². The Hall–Kier alpha value is -0.540. The van der Waals surface area contributed by atoms with Crippen molar-refractivity contribution in [3.63, 3.8) is 0 Å². The summed E-state index contributed by atoms with van der Waals surface area (Å²) in [7, 11) is 0. The average molecular weight is 248 g/mol. The average Bonchev–Trinajstić information content (AvgIpc) is 2.03. The van der Waals surface area contributed by atoms with Crippen LogP contribution in [0.15, 0.2) is 29.4 Å². The van der Waals surface area contributed by atoms with Crippen molar-refractivity contribution in [1.29, 1.82) is 0 Å². The highest BCUT2D eigenvalue weighted by atomic mass is 79.9. The molecule has 0 amide bonds. The Kier molecular flexibility index (Phi) is 3.56. The fourth-order valence-corrected chi connectivity index (χ4v) is 0.881. The van der Waals surface area contributed by atoms with Crippen molar-refractivity contribution in [2.45, 2.75) is 6.92 Å². The van der Waals surface area contributed by atoms with Crippen LogP contribution in [0.2, 0.25) is 5.02 Å². The van der Waals surface area contributed by atoms with Crippen molar-refractivity contribution in [3.8, 4) is 0 Å². The highest BCUT2D eigenvalue weighted by Crippen LogP contribution is 2.13. The summed E-state index contributed by atoms with van der Waals surface area (Å²) in [5.74, 6) is 0. The molecule has 0 aliphatic heterocycles. The minimum Gasteiger partial charge on any atom is -0.278 e. The maximum absolute atomic E-state index is 5.70. The fraction of sp³-hybridized carbons (Fsp3) is 0.125. The number of benzene rings is 1. The second-order valence-electron chi connectivity index (χ2n) is 2.23. The maximum atomic E-state index is 5.70. The van der Waals surface area contributed by atoms with Crippen LogP contribution in [-0.2, 0) is 0 Å². The van der Waals surface area contributed by atoms with Gasteiger partial charge in [-0.2, -0.15) is 5.10 Å². The third kappa shape index (κ3) is 3.24. The molecule has 64 valence electrons. The Morgan fingerprint density at radius 2 is 2.00 bits per heavy atom. The number of nitrogens with zero attached hydrogens (tertiary/aromatic N) is 1. The Labute approximate surface area is 84.7 Å². The van der Waals surface area contributed by atoms with Crippen molar-refractivity contribution >= 4 is 37.8 Å². The van der Waals surface area contributed by atoms with Gasteiger partial charge in [-0.1, -0.05) is 11.6 Å². The van der Waals surface area contributed by atoms with E-state index in [9.17, 15) is 0 Å². The summed E-state index contributed by atoms with van der Waals surface area (Å²) >= 11 is 8.91. The molecule has 0 spiro atoms. The monoisotopic (exact) mass is 246 g/mol. The lowest BCUT2D eigenvalue weighted by Gasteiger charge is -1.99. The van der Waals surface area contributed by atoms with E-state index in [1.54, 1.807) is 0 Å². The molecular weight excluding hydrogens is 239 g/mol. The van der Waals surface area contributed by atoms with Crippen LogP contribution >= 0.6 is 27.5 Å². The Bertz CT molecular complexity index is 278. The first-order valence-electron chi connectivity index (χ1n) is 3.40. The van der Waals surface area contributed by atoms with Crippen LogP contribution in [0.5, 0.6) is 0 Å². The smallest absolute Gasteiger partial charge is 0.100 e. The van der Waals surface area contributed by atoms with E-state index in [0.717, 1.165) is 15.3 Å². The molecule has 1 rings (SSSR count). The van der Waals surface area contributed by atoms with Crippen LogP contribution in [-0.4, -0.2) is 4.62 Å². The second kappa shape index (κ2) is 4.48. The van der Waals surface area contributed by atoms with Gasteiger partial charge in [0.15, 0.2) is 0 Å². The molecule has 0 saturated carbocycles. The van der Waals surface area contributed by atoms with Gasteiger partial charge in [0, 0.05) is 5.02 Å². The van der Waals surface area contributed by atoms with Gasteiger partial charge in [0.05, 0.1) is 5.69 Å². The van der Waals surface area contributed by atoms with Gasteiger partial charge < -0.3 is 0 Å². The van der Waals surface area contributed by atoms with Crippen LogP contribution < -0.4 is 5.43 Å². The minimum absolute atomic E-state index is 0.722. The third-order valence-electron chi connectivity index (χ3n) is 1.18. The van der Waals surface area contributed by atoms with Gasteiger partial charge in [0.1, 0.15) is 4.62 Å². The molecule has 0 unspecified atom stereocenters. The van der Waals surface area contributed by atoms with E-state index in [1.807, 2.05) is 31.2 Å². The first-order valence-corrected chi connectivity index (χ1v) is 4.57. The molecule has 0 radical (unpaired) electrons. The lowest BCUT2D eigenvalue weighted by Crippen LogP contribution is -1.89. The van der Waals surface area contributed by atoms with Gasteiger partial charge in [0.2, 0.25) is 0 Å². The fourth-order valence-electron chi connectivity index (χ4n) is 0.666. The summed E-state index contributed by atoms with van der Waals surface area (Å²) in [5, 5.41) is 4.69. The molecular formula is C8H8BrClN2. The van der Waals surface area contributed by atoms with Crippen LogP contribution in [0.1, 0.15) is 6.92 Å². The van der Waals surface area contributed by atoms with E-state index in [0.29, 0.717) is 0 Å². The van der Waals surface area contributed by atoms with E-state index in [1.165, 1.54) is 0 Å². The molecule has 0 atom stereocenters. The van der Waals surface area contributed by atoms with E-state index in [-0.39, 0.29) is 0 Å². The van der Waals surface area contributed by atoms with E-state index < -0.39 is 0 Å². The van der Waals surface area contributed by atoms with Crippen molar-refractivity contribution in [2.75, 3.05) is 5.43 Å². The van der Waals surface area contributed by atoms with E-state index in [2.05, 4.69) is 26.5 Å². The molecule has 2 nitrogen and oxygen atoms in total. The predicted octanol–water partition coefficient (Wildman–Crippen LogP) is 3.48. The Morgan fingerprint density at radius 3 is 2.50 bits per heavy atom. The lowest BCUT2D eigenvalue weighted by atomic mass is 10.3. The van der Waals surface area contributed by atoms with Crippen LogP contribution in [0.3, 0.4) is 0 Å².